The molecule has 2 aromatic carbocycles. The van der Waals surface area contributed by atoms with Gasteiger partial charge in [-0.15, -0.1) is 0 Å². The molecule has 3 saturated heterocycles. The number of hydrogen-bond acceptors (Lipinski definition) is 7. The van der Waals surface area contributed by atoms with Crippen LogP contribution in [0.15, 0.2) is 52.4 Å². The van der Waals surface area contributed by atoms with Crippen molar-refractivity contribution in [1.82, 2.24) is 4.90 Å². The van der Waals surface area contributed by atoms with Crippen molar-refractivity contribution in [3.63, 3.8) is 0 Å². The van der Waals surface area contributed by atoms with E-state index in [4.69, 9.17) is 14.5 Å². The maximum atomic E-state index is 13.0. The number of nitrogens with zero attached hydrogens (tertiary/aromatic N) is 4. The number of thioether (sulfide) groups is 1. The highest BCUT2D eigenvalue weighted by Gasteiger charge is 2.30. The largest absolute Gasteiger partial charge is 0.496 e. The third kappa shape index (κ3) is 5.33. The Bertz CT molecular complexity index is 1120. The van der Waals surface area contributed by atoms with E-state index in [2.05, 4.69) is 34.1 Å². The normalized spacial score (nSPS) is 21.3. The number of hydrogen-bond donors (Lipinski definition) is 0. The maximum Gasteiger partial charge on any atom is 0.266 e. The van der Waals surface area contributed by atoms with Crippen molar-refractivity contribution in [2.24, 2.45) is 4.99 Å². The third-order valence-electron chi connectivity index (χ3n) is 6.68. The van der Waals surface area contributed by atoms with E-state index in [-0.39, 0.29) is 5.91 Å². The summed E-state index contributed by atoms with van der Waals surface area (Å²) in [6, 6.07) is 14.4. The number of aliphatic imine (C=N–C) groups is 1. The minimum atomic E-state index is -0.0548. The molecular weight excluding hydrogens is 460 g/mol. The van der Waals surface area contributed by atoms with Crippen LogP contribution in [0.4, 0.5) is 17.1 Å². The number of amidine groups is 1. The van der Waals surface area contributed by atoms with Crippen LogP contribution in [0, 0.1) is 0 Å². The van der Waals surface area contributed by atoms with Gasteiger partial charge in [-0.05, 0) is 73.5 Å². The van der Waals surface area contributed by atoms with E-state index in [1.165, 1.54) is 42.4 Å². The van der Waals surface area contributed by atoms with Crippen LogP contribution in [0.2, 0.25) is 0 Å². The van der Waals surface area contributed by atoms with E-state index in [0.29, 0.717) is 10.1 Å². The lowest BCUT2D eigenvalue weighted by Crippen LogP contribution is -2.36. The molecule has 8 heteroatoms. The molecule has 3 aliphatic heterocycles. The van der Waals surface area contributed by atoms with E-state index >= 15 is 0 Å². The minimum Gasteiger partial charge on any atom is -0.496 e. The smallest absolute Gasteiger partial charge is 0.266 e. The van der Waals surface area contributed by atoms with Gasteiger partial charge in [-0.1, -0.05) is 0 Å². The van der Waals surface area contributed by atoms with Crippen LogP contribution in [0.5, 0.6) is 5.75 Å². The second-order valence-corrected chi connectivity index (χ2v) is 9.97. The van der Waals surface area contributed by atoms with Crippen LogP contribution in [0.1, 0.15) is 24.8 Å². The predicted octanol–water partition coefficient (Wildman–Crippen LogP) is 4.76. The molecule has 5 rings (SSSR count). The van der Waals surface area contributed by atoms with Crippen molar-refractivity contribution in [2.75, 3.05) is 63.4 Å². The van der Waals surface area contributed by atoms with E-state index in [0.717, 1.165) is 56.4 Å². The number of ether oxygens (including phenoxy) is 2. The Hall–Kier alpha value is -2.97. The number of carbonyl (C=O) groups is 1. The summed E-state index contributed by atoms with van der Waals surface area (Å²) >= 11 is 1.39. The zero-order chi connectivity index (χ0) is 24.2. The minimum absolute atomic E-state index is 0.0548. The summed E-state index contributed by atoms with van der Waals surface area (Å²) in [6.45, 7) is 5.48. The first-order valence-electron chi connectivity index (χ1n) is 12.2. The first kappa shape index (κ1) is 23.8. The number of piperidine rings is 1. The summed E-state index contributed by atoms with van der Waals surface area (Å²) in [5.41, 5.74) is 4.07. The van der Waals surface area contributed by atoms with Gasteiger partial charge in [0.2, 0.25) is 0 Å². The van der Waals surface area contributed by atoms with Crippen molar-refractivity contribution >= 4 is 46.0 Å². The Morgan fingerprint density at radius 3 is 2.34 bits per heavy atom. The molecule has 3 heterocycles. The quantitative estimate of drug-likeness (QED) is 0.561. The monoisotopic (exact) mass is 492 g/mol. The van der Waals surface area contributed by atoms with Crippen LogP contribution in [0.25, 0.3) is 6.08 Å². The summed E-state index contributed by atoms with van der Waals surface area (Å²) in [7, 11) is 3.45. The summed E-state index contributed by atoms with van der Waals surface area (Å²) in [6.07, 6.45) is 5.66. The van der Waals surface area contributed by atoms with Gasteiger partial charge in [-0.25, -0.2) is 4.99 Å². The van der Waals surface area contributed by atoms with E-state index in [1.54, 1.807) is 19.1 Å². The fourth-order valence-corrected chi connectivity index (χ4v) is 5.61. The average molecular weight is 493 g/mol. The molecule has 0 bridgehead atoms. The van der Waals surface area contributed by atoms with Gasteiger partial charge in [-0.3, -0.25) is 9.69 Å². The summed E-state index contributed by atoms with van der Waals surface area (Å²) in [5.74, 6) is 0.724. The molecule has 0 aromatic heterocycles. The van der Waals surface area contributed by atoms with Gasteiger partial charge >= 0.3 is 0 Å². The molecule has 7 nitrogen and oxygen atoms in total. The van der Waals surface area contributed by atoms with E-state index in [1.807, 2.05) is 24.3 Å². The fraction of sp³-hybridized carbons (Fsp3) is 0.407. The molecule has 1 amide bonds. The highest BCUT2D eigenvalue weighted by atomic mass is 32.2. The first-order valence-corrected chi connectivity index (χ1v) is 13.1. The number of anilines is 2. The van der Waals surface area contributed by atoms with Crippen LogP contribution in [-0.4, -0.2) is 69.5 Å². The van der Waals surface area contributed by atoms with Crippen molar-refractivity contribution < 1.29 is 14.3 Å². The lowest BCUT2D eigenvalue weighted by molar-refractivity contribution is -0.121. The Kier molecular flexibility index (Phi) is 7.29. The highest BCUT2D eigenvalue weighted by molar-refractivity contribution is 8.18. The van der Waals surface area contributed by atoms with Gasteiger partial charge in [0.1, 0.15) is 5.75 Å². The third-order valence-corrected chi connectivity index (χ3v) is 7.74. The second kappa shape index (κ2) is 10.7. The molecule has 0 N–H and O–H groups in total. The van der Waals surface area contributed by atoms with Gasteiger partial charge < -0.3 is 19.3 Å². The molecular formula is C27H32N4O3S. The van der Waals surface area contributed by atoms with Gasteiger partial charge in [0.15, 0.2) is 5.17 Å². The lowest BCUT2D eigenvalue weighted by atomic mass is 10.1. The molecule has 0 saturated carbocycles. The fourth-order valence-electron chi connectivity index (χ4n) is 4.63. The molecule has 0 aliphatic carbocycles. The number of amides is 1. The highest BCUT2D eigenvalue weighted by Crippen LogP contribution is 2.36. The van der Waals surface area contributed by atoms with Crippen molar-refractivity contribution in [2.45, 2.75) is 19.3 Å². The van der Waals surface area contributed by atoms with Gasteiger partial charge in [0.25, 0.3) is 5.91 Å². The number of rotatable bonds is 5. The van der Waals surface area contributed by atoms with Crippen LogP contribution < -0.4 is 14.5 Å². The van der Waals surface area contributed by atoms with Crippen LogP contribution in [0.3, 0.4) is 0 Å². The van der Waals surface area contributed by atoms with E-state index < -0.39 is 0 Å². The standard InChI is InChI=1S/C27H32N4O3S/c1-29-26(32)25(18-20-6-9-23(19-24(20)33-2)30-12-4-3-5-13-30)35-27(29)28-21-7-10-22(11-8-21)31-14-16-34-17-15-31/h6-11,18-19H,3-5,12-17H2,1-2H3/b25-18-,28-27?. The number of methoxy groups -OCH3 is 1. The molecule has 3 fully saturated rings. The van der Waals surface area contributed by atoms with Crippen LogP contribution in [-0.2, 0) is 9.53 Å². The Morgan fingerprint density at radius 2 is 1.63 bits per heavy atom. The second-order valence-electron chi connectivity index (χ2n) is 8.96. The molecule has 0 unspecified atom stereocenters. The van der Waals surface area contributed by atoms with Crippen LogP contribution >= 0.6 is 11.8 Å². The molecule has 0 atom stereocenters. The Labute approximate surface area is 211 Å². The summed E-state index contributed by atoms with van der Waals surface area (Å²) in [5, 5.41) is 0.671. The van der Waals surface area contributed by atoms with Crippen molar-refractivity contribution in [3.05, 3.63) is 52.9 Å². The predicted molar refractivity (Wildman–Crippen MR) is 144 cm³/mol. The van der Waals surface area contributed by atoms with Gasteiger partial charge in [0, 0.05) is 56.2 Å². The molecule has 3 aliphatic rings. The zero-order valence-electron chi connectivity index (χ0n) is 20.4. The Balaban J connectivity index is 1.33. The van der Waals surface area contributed by atoms with Gasteiger partial charge in [-0.2, -0.15) is 0 Å². The molecule has 0 spiro atoms. The number of benzene rings is 2. The molecule has 2 aromatic rings. The average Bonchev–Trinajstić information content (AvgIpc) is 3.18. The number of morpholine rings is 1. The first-order chi connectivity index (χ1) is 17.1. The van der Waals surface area contributed by atoms with Crippen molar-refractivity contribution in [3.8, 4) is 5.75 Å². The molecule has 0 radical (unpaired) electrons. The van der Waals surface area contributed by atoms with E-state index in [9.17, 15) is 4.79 Å². The number of likely N-dealkylation sites (N-methyl/N-ethyl adjacent to an activating group) is 1. The summed E-state index contributed by atoms with van der Waals surface area (Å²) in [4.78, 5) is 24.7. The van der Waals surface area contributed by atoms with Gasteiger partial charge in [0.05, 0.1) is 30.9 Å². The molecule has 184 valence electrons. The van der Waals surface area contributed by atoms with Crippen molar-refractivity contribution in [1.29, 1.82) is 0 Å². The topological polar surface area (TPSA) is 57.6 Å². The lowest BCUT2D eigenvalue weighted by Gasteiger charge is -2.29. The molecule has 35 heavy (non-hydrogen) atoms. The SMILES string of the molecule is COc1cc(N2CCCCC2)ccc1/C=C1\SC(=Nc2ccc(N3CCOCC3)cc2)N(C)C1=O. The number of carbonyl (C=O) groups excluding carboxylic acids is 1. The zero-order valence-corrected chi connectivity index (χ0v) is 21.2. The Morgan fingerprint density at radius 1 is 0.943 bits per heavy atom. The maximum absolute atomic E-state index is 13.0. The summed E-state index contributed by atoms with van der Waals surface area (Å²) < 4.78 is 11.1.